The van der Waals surface area contributed by atoms with E-state index in [1.165, 1.54) is 12.1 Å². The third-order valence-electron chi connectivity index (χ3n) is 5.44. The van der Waals surface area contributed by atoms with E-state index >= 15 is 0 Å². The molecule has 0 radical (unpaired) electrons. The molecule has 0 bridgehead atoms. The second kappa shape index (κ2) is 16.0. The first-order chi connectivity index (χ1) is 20.1. The third-order valence-corrected chi connectivity index (χ3v) is 9.88. The molecule has 0 spiro atoms. The van der Waals surface area contributed by atoms with Gasteiger partial charge < -0.3 is 33.3 Å². The lowest BCUT2D eigenvalue weighted by atomic mass is 10.1. The monoisotopic (exact) mass is 637 g/mol. The van der Waals surface area contributed by atoms with Crippen molar-refractivity contribution in [3.05, 3.63) is 65.7 Å². The summed E-state index contributed by atoms with van der Waals surface area (Å²) in [7, 11) is -5.34. The van der Waals surface area contributed by atoms with Gasteiger partial charge in [0.15, 0.2) is 6.61 Å². The molecule has 3 aromatic rings. The molecular weight excluding hydrogens is 604 g/mol. The number of nitrogens with one attached hydrogen (secondary N) is 1. The normalized spacial score (nSPS) is 12.0. The molecule has 2 aromatic carbocycles. The van der Waals surface area contributed by atoms with Crippen molar-refractivity contribution in [1.82, 2.24) is 0 Å². The summed E-state index contributed by atoms with van der Waals surface area (Å²) < 4.78 is 39.4. The quantitative estimate of drug-likeness (QED) is 0.167. The summed E-state index contributed by atoms with van der Waals surface area (Å²) in [5.74, 6) is -2.06. The van der Waals surface area contributed by atoms with E-state index in [1.54, 1.807) is 70.2 Å². The molecule has 0 aliphatic heterocycles. The average Bonchev–Trinajstić information content (AvgIpc) is 3.40. The number of carbonyl (C=O) groups is 3. The van der Waals surface area contributed by atoms with Gasteiger partial charge in [0.25, 0.3) is 5.91 Å². The SMILES string of the molecule is CCOC(=O)c1cc(-c2ccc(P(=O)(OCC)OCC)cc2)sc1NC(=O)COC(=O)c1cccc(P(O)OCC)c1. The van der Waals surface area contributed by atoms with E-state index in [9.17, 15) is 23.8 Å². The van der Waals surface area contributed by atoms with E-state index in [-0.39, 0.29) is 35.9 Å². The summed E-state index contributed by atoms with van der Waals surface area (Å²) in [6.07, 6.45) is 0. The van der Waals surface area contributed by atoms with Crippen molar-refractivity contribution < 1.29 is 46.9 Å². The summed E-state index contributed by atoms with van der Waals surface area (Å²) in [5.41, 5.74) is 0.972. The summed E-state index contributed by atoms with van der Waals surface area (Å²) in [6.45, 7) is 7.13. The number of rotatable bonds is 15. The van der Waals surface area contributed by atoms with Crippen LogP contribution in [0.5, 0.6) is 0 Å². The van der Waals surface area contributed by atoms with E-state index in [0.717, 1.165) is 11.3 Å². The van der Waals surface area contributed by atoms with Gasteiger partial charge in [0.2, 0.25) is 8.38 Å². The molecule has 1 unspecified atom stereocenters. The number of anilines is 1. The zero-order valence-corrected chi connectivity index (χ0v) is 26.3. The van der Waals surface area contributed by atoms with Gasteiger partial charge in [-0.3, -0.25) is 9.36 Å². The molecule has 1 heterocycles. The molecule has 0 saturated carbocycles. The lowest BCUT2D eigenvalue weighted by Crippen LogP contribution is -2.22. The Morgan fingerprint density at radius 3 is 2.19 bits per heavy atom. The molecule has 14 heteroatoms. The fourth-order valence-electron chi connectivity index (χ4n) is 3.65. The zero-order valence-electron chi connectivity index (χ0n) is 23.7. The summed E-state index contributed by atoms with van der Waals surface area (Å²) in [5, 5.41) is 3.67. The summed E-state index contributed by atoms with van der Waals surface area (Å²) in [6, 6.07) is 14.4. The molecule has 11 nitrogen and oxygen atoms in total. The second-order valence-corrected chi connectivity index (χ2v) is 12.7. The van der Waals surface area contributed by atoms with Crippen LogP contribution in [-0.2, 0) is 32.4 Å². The van der Waals surface area contributed by atoms with Crippen molar-refractivity contribution in [3.63, 3.8) is 0 Å². The van der Waals surface area contributed by atoms with Crippen LogP contribution in [0.2, 0.25) is 0 Å². The molecular formula is C28H33NO10P2S. The lowest BCUT2D eigenvalue weighted by Gasteiger charge is -2.17. The van der Waals surface area contributed by atoms with Crippen LogP contribution in [0.4, 0.5) is 5.00 Å². The van der Waals surface area contributed by atoms with Crippen molar-refractivity contribution in [1.29, 1.82) is 0 Å². The molecule has 1 aromatic heterocycles. The molecule has 0 aliphatic carbocycles. The first-order valence-electron chi connectivity index (χ1n) is 13.2. The largest absolute Gasteiger partial charge is 0.462 e. The predicted octanol–water partition coefficient (Wildman–Crippen LogP) is 5.24. The van der Waals surface area contributed by atoms with Gasteiger partial charge in [-0.1, -0.05) is 18.2 Å². The first-order valence-corrected chi connectivity index (χ1v) is 16.7. The number of amides is 1. The Bertz CT molecular complexity index is 1420. The topological polar surface area (TPSA) is 147 Å². The molecule has 42 heavy (non-hydrogen) atoms. The van der Waals surface area contributed by atoms with Gasteiger partial charge >= 0.3 is 19.5 Å². The molecule has 1 atom stereocenters. The van der Waals surface area contributed by atoms with E-state index < -0.39 is 40.4 Å². The Kier molecular flexibility index (Phi) is 12.8. The number of benzene rings is 2. The number of hydrogen-bond donors (Lipinski definition) is 2. The molecule has 1 amide bonds. The van der Waals surface area contributed by atoms with Gasteiger partial charge in [-0.05, 0) is 69.7 Å². The highest BCUT2D eigenvalue weighted by Gasteiger charge is 2.27. The van der Waals surface area contributed by atoms with Gasteiger partial charge in [0.05, 0.1) is 42.9 Å². The van der Waals surface area contributed by atoms with Crippen LogP contribution in [0.15, 0.2) is 54.6 Å². The van der Waals surface area contributed by atoms with Gasteiger partial charge in [0, 0.05) is 10.2 Å². The molecule has 3 rings (SSSR count). The van der Waals surface area contributed by atoms with E-state index in [1.807, 2.05) is 0 Å². The zero-order chi connectivity index (χ0) is 30.7. The van der Waals surface area contributed by atoms with Crippen LogP contribution in [0.1, 0.15) is 48.4 Å². The van der Waals surface area contributed by atoms with Crippen LogP contribution < -0.4 is 15.9 Å². The van der Waals surface area contributed by atoms with Crippen molar-refractivity contribution >= 4 is 60.8 Å². The Morgan fingerprint density at radius 2 is 1.57 bits per heavy atom. The van der Waals surface area contributed by atoms with Crippen LogP contribution in [0, 0.1) is 0 Å². The van der Waals surface area contributed by atoms with Crippen LogP contribution in [-0.4, -0.2) is 55.8 Å². The fourth-order valence-corrected chi connectivity index (χ4v) is 7.14. The van der Waals surface area contributed by atoms with E-state index in [0.29, 0.717) is 27.7 Å². The minimum absolute atomic E-state index is 0.131. The predicted molar refractivity (Wildman–Crippen MR) is 162 cm³/mol. The van der Waals surface area contributed by atoms with Crippen molar-refractivity contribution in [2.75, 3.05) is 38.4 Å². The van der Waals surface area contributed by atoms with Crippen LogP contribution in [0.3, 0.4) is 0 Å². The van der Waals surface area contributed by atoms with Crippen molar-refractivity contribution in [2.45, 2.75) is 27.7 Å². The number of esters is 2. The molecule has 0 aliphatic rings. The maximum atomic E-state index is 13.1. The van der Waals surface area contributed by atoms with Crippen molar-refractivity contribution in [2.24, 2.45) is 0 Å². The van der Waals surface area contributed by atoms with Crippen molar-refractivity contribution in [3.8, 4) is 10.4 Å². The Labute approximate surface area is 249 Å². The highest BCUT2D eigenvalue weighted by Crippen LogP contribution is 2.47. The number of hydrogen-bond acceptors (Lipinski definition) is 11. The third kappa shape index (κ3) is 8.78. The number of thiophene rings is 1. The van der Waals surface area contributed by atoms with Gasteiger partial charge in [-0.15, -0.1) is 11.3 Å². The lowest BCUT2D eigenvalue weighted by molar-refractivity contribution is -0.119. The fraction of sp³-hybridized carbons (Fsp3) is 0.321. The summed E-state index contributed by atoms with van der Waals surface area (Å²) in [4.78, 5) is 48.6. The van der Waals surface area contributed by atoms with Gasteiger partial charge in [-0.2, -0.15) is 0 Å². The van der Waals surface area contributed by atoms with Crippen LogP contribution in [0.25, 0.3) is 10.4 Å². The van der Waals surface area contributed by atoms with Gasteiger partial charge in [0.1, 0.15) is 5.00 Å². The standard InChI is InChI=1S/C28H33NO10P2S/c1-5-35-28(32)23-17-24(19-12-14-22(15-13-19)41(34,38-7-3)39-8-4)42-26(23)29-25(30)18-36-27(31)20-10-9-11-21(16-20)40(33)37-6-2/h9-17,33H,5-8,18H2,1-4H3,(H,29,30). The minimum Gasteiger partial charge on any atom is -0.462 e. The molecule has 0 fully saturated rings. The maximum absolute atomic E-state index is 13.1. The van der Waals surface area contributed by atoms with Gasteiger partial charge in [-0.25, -0.2) is 9.59 Å². The number of carbonyl (C=O) groups excluding carboxylic acids is 3. The smallest absolute Gasteiger partial charge is 0.361 e. The Morgan fingerprint density at radius 1 is 0.881 bits per heavy atom. The molecule has 2 N–H and O–H groups in total. The highest BCUT2D eigenvalue weighted by molar-refractivity contribution is 7.62. The molecule has 0 saturated heterocycles. The first kappa shape index (κ1) is 33.6. The summed E-state index contributed by atoms with van der Waals surface area (Å²) >= 11 is 1.13. The maximum Gasteiger partial charge on any atom is 0.361 e. The van der Waals surface area contributed by atoms with Crippen LogP contribution >= 0.6 is 27.3 Å². The Hall–Kier alpha value is -2.95. The Balaban J connectivity index is 1.76. The molecule has 226 valence electrons. The van der Waals surface area contributed by atoms with E-state index in [2.05, 4.69) is 5.32 Å². The number of ether oxygens (including phenoxy) is 2. The highest BCUT2D eigenvalue weighted by atomic mass is 32.1. The second-order valence-electron chi connectivity index (χ2n) is 8.32. The average molecular weight is 638 g/mol. The van der Waals surface area contributed by atoms with E-state index in [4.69, 9.17) is 23.0 Å². The minimum atomic E-state index is -3.47.